The van der Waals surface area contributed by atoms with Crippen LogP contribution in [0.25, 0.3) is 0 Å². The molecule has 0 heterocycles. The summed E-state index contributed by atoms with van der Waals surface area (Å²) < 4.78 is 0. The van der Waals surface area contributed by atoms with E-state index in [4.69, 9.17) is 5.11 Å². The molecule has 110 valence electrons. The summed E-state index contributed by atoms with van der Waals surface area (Å²) in [6, 6.07) is 7.93. The summed E-state index contributed by atoms with van der Waals surface area (Å²) in [6.07, 6.45) is -0.0149. The summed E-state index contributed by atoms with van der Waals surface area (Å²) in [5.41, 5.74) is 1.15. The zero-order valence-corrected chi connectivity index (χ0v) is 12.9. The van der Waals surface area contributed by atoms with Crippen LogP contribution in [-0.2, 0) is 9.59 Å². The zero-order valence-electron chi connectivity index (χ0n) is 12.1. The maximum absolute atomic E-state index is 12.2. The molecule has 1 aromatic rings. The number of aryl methyl sites for hydroxylation is 1. The van der Waals surface area contributed by atoms with E-state index in [0.29, 0.717) is 5.75 Å². The maximum Gasteiger partial charge on any atom is 0.305 e. The van der Waals surface area contributed by atoms with Gasteiger partial charge in [-0.05, 0) is 32.4 Å². The second-order valence-electron chi connectivity index (χ2n) is 4.88. The van der Waals surface area contributed by atoms with E-state index >= 15 is 0 Å². The number of benzene rings is 1. The number of carbonyl (C=O) groups excluding carboxylic acids is 1. The van der Waals surface area contributed by atoms with E-state index in [1.807, 2.05) is 45.0 Å². The summed E-state index contributed by atoms with van der Waals surface area (Å²) in [7, 11) is 0. The first-order valence-corrected chi connectivity index (χ1v) is 7.60. The molecular formula is C15H21NO3S. The van der Waals surface area contributed by atoms with E-state index in [0.717, 1.165) is 10.5 Å². The molecule has 1 amide bonds. The monoisotopic (exact) mass is 295 g/mol. The maximum atomic E-state index is 12.2. The van der Waals surface area contributed by atoms with E-state index in [9.17, 15) is 9.59 Å². The summed E-state index contributed by atoms with van der Waals surface area (Å²) in [6.45, 7) is 6.08. The number of nitrogens with zero attached hydrogens (tertiary/aromatic N) is 1. The fraction of sp³-hybridized carbons (Fsp3) is 0.467. The Bertz CT molecular complexity index is 474. The molecule has 0 aliphatic rings. The van der Waals surface area contributed by atoms with Gasteiger partial charge in [-0.15, -0.1) is 11.8 Å². The third kappa shape index (κ3) is 5.25. The minimum absolute atomic E-state index is 0.0133. The standard InChI is InChI=1S/C15H21NO3S/c1-11(2)16(9-8-15(18)19)14(17)10-20-13-7-5-4-6-12(13)3/h4-7,11H,8-10H2,1-3H3,(H,18,19). The molecule has 0 aliphatic carbocycles. The average Bonchev–Trinajstić information content (AvgIpc) is 2.37. The number of carbonyl (C=O) groups is 2. The lowest BCUT2D eigenvalue weighted by molar-refractivity contribution is -0.138. The van der Waals surface area contributed by atoms with Gasteiger partial charge in [0.2, 0.25) is 5.91 Å². The Kier molecular flexibility index (Phi) is 6.58. The van der Waals surface area contributed by atoms with Gasteiger partial charge in [0, 0.05) is 17.5 Å². The average molecular weight is 295 g/mol. The van der Waals surface area contributed by atoms with Crippen molar-refractivity contribution in [2.75, 3.05) is 12.3 Å². The fourth-order valence-corrected chi connectivity index (χ4v) is 2.74. The van der Waals surface area contributed by atoms with Crippen molar-refractivity contribution >= 4 is 23.6 Å². The summed E-state index contributed by atoms with van der Waals surface area (Å²) >= 11 is 1.50. The molecule has 0 unspecified atom stereocenters. The lowest BCUT2D eigenvalue weighted by Gasteiger charge is -2.26. The molecule has 0 radical (unpaired) electrons. The van der Waals surface area contributed by atoms with E-state index in [2.05, 4.69) is 0 Å². The van der Waals surface area contributed by atoms with E-state index in [1.165, 1.54) is 11.8 Å². The van der Waals surface area contributed by atoms with Crippen molar-refractivity contribution in [3.05, 3.63) is 29.8 Å². The van der Waals surface area contributed by atoms with Gasteiger partial charge in [-0.25, -0.2) is 0 Å². The van der Waals surface area contributed by atoms with Crippen molar-refractivity contribution in [3.8, 4) is 0 Å². The fourth-order valence-electron chi connectivity index (χ4n) is 1.83. The largest absolute Gasteiger partial charge is 0.481 e. The molecule has 0 bridgehead atoms. The number of aliphatic carboxylic acids is 1. The predicted molar refractivity (Wildman–Crippen MR) is 81.0 cm³/mol. The molecule has 0 aromatic heterocycles. The summed E-state index contributed by atoms with van der Waals surface area (Å²) in [5, 5.41) is 8.73. The van der Waals surface area contributed by atoms with Gasteiger partial charge < -0.3 is 10.0 Å². The minimum atomic E-state index is -0.880. The van der Waals surface area contributed by atoms with E-state index in [1.54, 1.807) is 4.90 Å². The topological polar surface area (TPSA) is 57.6 Å². The van der Waals surface area contributed by atoms with Crippen molar-refractivity contribution in [1.82, 2.24) is 4.90 Å². The Hall–Kier alpha value is -1.49. The molecule has 4 nitrogen and oxygen atoms in total. The van der Waals surface area contributed by atoms with Gasteiger partial charge in [-0.3, -0.25) is 9.59 Å². The number of amides is 1. The Morgan fingerprint density at radius 3 is 2.50 bits per heavy atom. The van der Waals surface area contributed by atoms with Crippen molar-refractivity contribution in [2.45, 2.75) is 38.1 Å². The van der Waals surface area contributed by atoms with E-state index < -0.39 is 5.97 Å². The first kappa shape index (κ1) is 16.6. The number of carboxylic acid groups (broad SMARTS) is 1. The molecule has 0 spiro atoms. The molecule has 0 fully saturated rings. The van der Waals surface area contributed by atoms with Crippen LogP contribution in [0, 0.1) is 6.92 Å². The second kappa shape index (κ2) is 7.94. The predicted octanol–water partition coefficient (Wildman–Crippen LogP) is 2.80. The molecular weight excluding hydrogens is 274 g/mol. The van der Waals surface area contributed by atoms with Crippen molar-refractivity contribution in [3.63, 3.8) is 0 Å². The first-order valence-electron chi connectivity index (χ1n) is 6.61. The first-order chi connectivity index (χ1) is 9.41. The van der Waals surface area contributed by atoms with E-state index in [-0.39, 0.29) is 24.9 Å². The summed E-state index contributed by atoms with van der Waals surface area (Å²) in [5.74, 6) is -0.563. The highest BCUT2D eigenvalue weighted by atomic mass is 32.2. The minimum Gasteiger partial charge on any atom is -0.481 e. The van der Waals surface area contributed by atoms with Crippen LogP contribution < -0.4 is 0 Å². The number of thioether (sulfide) groups is 1. The Morgan fingerprint density at radius 2 is 1.95 bits per heavy atom. The quantitative estimate of drug-likeness (QED) is 0.786. The lowest BCUT2D eigenvalue weighted by atomic mass is 10.2. The van der Waals surface area contributed by atoms with Crippen LogP contribution >= 0.6 is 11.8 Å². The molecule has 1 N–H and O–H groups in total. The van der Waals surface area contributed by atoms with Gasteiger partial charge >= 0.3 is 5.97 Å². The van der Waals surface area contributed by atoms with Crippen LogP contribution in [0.15, 0.2) is 29.2 Å². The highest BCUT2D eigenvalue weighted by Crippen LogP contribution is 2.22. The van der Waals surface area contributed by atoms with Gasteiger partial charge in [0.25, 0.3) is 0 Å². The van der Waals surface area contributed by atoms with Crippen LogP contribution in [-0.4, -0.2) is 40.2 Å². The van der Waals surface area contributed by atoms with Gasteiger partial charge in [-0.1, -0.05) is 18.2 Å². The third-order valence-electron chi connectivity index (χ3n) is 2.96. The SMILES string of the molecule is Cc1ccccc1SCC(=O)N(CCC(=O)O)C(C)C. The van der Waals surface area contributed by atoms with Crippen molar-refractivity contribution < 1.29 is 14.7 Å². The molecule has 20 heavy (non-hydrogen) atoms. The number of carboxylic acids is 1. The number of rotatable bonds is 7. The van der Waals surface area contributed by atoms with Crippen molar-refractivity contribution in [1.29, 1.82) is 0 Å². The molecule has 0 saturated carbocycles. The van der Waals surface area contributed by atoms with Crippen LogP contribution in [0.4, 0.5) is 0 Å². The third-order valence-corrected chi connectivity index (χ3v) is 4.12. The van der Waals surface area contributed by atoms with Crippen LogP contribution in [0.3, 0.4) is 0 Å². The van der Waals surface area contributed by atoms with Gasteiger partial charge in [0.15, 0.2) is 0 Å². The number of hydrogen-bond donors (Lipinski definition) is 1. The van der Waals surface area contributed by atoms with Gasteiger partial charge in [-0.2, -0.15) is 0 Å². The molecule has 0 aliphatic heterocycles. The molecule has 1 aromatic carbocycles. The van der Waals surface area contributed by atoms with Crippen molar-refractivity contribution in [2.24, 2.45) is 0 Å². The zero-order chi connectivity index (χ0) is 15.1. The Morgan fingerprint density at radius 1 is 1.30 bits per heavy atom. The van der Waals surface area contributed by atoms with Gasteiger partial charge in [0.1, 0.15) is 0 Å². The molecule has 0 saturated heterocycles. The highest BCUT2D eigenvalue weighted by molar-refractivity contribution is 8.00. The second-order valence-corrected chi connectivity index (χ2v) is 5.90. The Balaban J connectivity index is 2.58. The molecule has 1 rings (SSSR count). The van der Waals surface area contributed by atoms with Crippen LogP contribution in [0.5, 0.6) is 0 Å². The smallest absolute Gasteiger partial charge is 0.305 e. The molecule has 0 atom stereocenters. The van der Waals surface area contributed by atoms with Gasteiger partial charge in [0.05, 0.1) is 12.2 Å². The normalized spacial score (nSPS) is 10.6. The van der Waals surface area contributed by atoms with Crippen LogP contribution in [0.2, 0.25) is 0 Å². The summed E-state index contributed by atoms with van der Waals surface area (Å²) in [4.78, 5) is 25.5. The number of hydrogen-bond acceptors (Lipinski definition) is 3. The molecule has 5 heteroatoms. The Labute approximate surface area is 124 Å². The highest BCUT2D eigenvalue weighted by Gasteiger charge is 2.18. The lowest BCUT2D eigenvalue weighted by Crippen LogP contribution is -2.39. The van der Waals surface area contributed by atoms with Crippen LogP contribution in [0.1, 0.15) is 25.8 Å².